The highest BCUT2D eigenvalue weighted by atomic mass is 16.5. The maximum absolute atomic E-state index is 11.2. The molecule has 0 aliphatic rings. The normalized spacial score (nSPS) is 14.5. The number of carbonyl (C=O) groups is 2. The lowest BCUT2D eigenvalue weighted by molar-refractivity contribution is -0.159. The first-order valence-corrected chi connectivity index (χ1v) is 4.92. The summed E-state index contributed by atoms with van der Waals surface area (Å²) in [5.74, 6) is -2.51. The molecule has 1 N–H and O–H groups in total. The Balaban J connectivity index is 4.29. The Labute approximate surface area is 84.3 Å². The van der Waals surface area contributed by atoms with E-state index in [1.807, 2.05) is 13.8 Å². The fourth-order valence-electron chi connectivity index (χ4n) is 1.11. The van der Waals surface area contributed by atoms with Crippen molar-refractivity contribution >= 4 is 11.9 Å². The molecule has 0 aromatic carbocycles. The van der Waals surface area contributed by atoms with E-state index in [0.717, 1.165) is 6.42 Å². The van der Waals surface area contributed by atoms with Crippen LogP contribution in [0.4, 0.5) is 0 Å². The lowest BCUT2D eigenvalue weighted by Crippen LogP contribution is -2.27. The molecule has 0 aliphatic carbocycles. The van der Waals surface area contributed by atoms with E-state index >= 15 is 0 Å². The second kappa shape index (κ2) is 6.40. The number of esters is 1. The van der Waals surface area contributed by atoms with Gasteiger partial charge in [0, 0.05) is 0 Å². The predicted octanol–water partition coefficient (Wildman–Crippen LogP) is 1.69. The fourth-order valence-corrected chi connectivity index (χ4v) is 1.11. The van der Waals surface area contributed by atoms with Gasteiger partial charge in [-0.3, -0.25) is 9.59 Å². The molecule has 2 unspecified atom stereocenters. The Hall–Kier alpha value is -1.06. The van der Waals surface area contributed by atoms with Crippen LogP contribution in [0.1, 0.15) is 33.6 Å². The number of carbonyl (C=O) groups excluding carboxylic acids is 1. The van der Waals surface area contributed by atoms with E-state index in [0.29, 0.717) is 6.42 Å². The minimum atomic E-state index is -1.09. The average molecular weight is 202 g/mol. The maximum Gasteiger partial charge on any atom is 0.320 e. The summed E-state index contributed by atoms with van der Waals surface area (Å²) < 4.78 is 4.69. The van der Waals surface area contributed by atoms with Crippen molar-refractivity contribution in [3.63, 3.8) is 0 Å². The average Bonchev–Trinajstić information content (AvgIpc) is 2.13. The van der Waals surface area contributed by atoms with Crippen molar-refractivity contribution in [1.82, 2.24) is 0 Å². The summed E-state index contributed by atoms with van der Waals surface area (Å²) in [7, 11) is 0. The van der Waals surface area contributed by atoms with Gasteiger partial charge in [0.1, 0.15) is 0 Å². The first kappa shape index (κ1) is 12.9. The maximum atomic E-state index is 11.2. The van der Waals surface area contributed by atoms with Gasteiger partial charge in [0.15, 0.2) is 5.92 Å². The standard InChI is InChI=1S/C10H18O4/c1-4-7(3)6-8(9(11)12)10(13)14-5-2/h7-8H,4-6H2,1-3H3,(H,11,12). The smallest absolute Gasteiger partial charge is 0.320 e. The van der Waals surface area contributed by atoms with Gasteiger partial charge in [0.25, 0.3) is 0 Å². The van der Waals surface area contributed by atoms with Crippen LogP contribution in [-0.2, 0) is 14.3 Å². The molecular weight excluding hydrogens is 184 g/mol. The molecule has 14 heavy (non-hydrogen) atoms. The van der Waals surface area contributed by atoms with E-state index < -0.39 is 17.9 Å². The van der Waals surface area contributed by atoms with Crippen LogP contribution in [0, 0.1) is 11.8 Å². The monoisotopic (exact) mass is 202 g/mol. The first-order chi connectivity index (χ1) is 6.52. The highest BCUT2D eigenvalue weighted by molar-refractivity contribution is 5.93. The molecule has 0 spiro atoms. The van der Waals surface area contributed by atoms with Gasteiger partial charge in [-0.1, -0.05) is 20.3 Å². The number of rotatable bonds is 6. The molecule has 0 aromatic heterocycles. The molecule has 2 atom stereocenters. The van der Waals surface area contributed by atoms with E-state index in [1.54, 1.807) is 6.92 Å². The van der Waals surface area contributed by atoms with Crippen LogP contribution in [0.3, 0.4) is 0 Å². The number of carboxylic acid groups (broad SMARTS) is 1. The Bertz CT molecular complexity index is 200. The van der Waals surface area contributed by atoms with Gasteiger partial charge in [-0.25, -0.2) is 0 Å². The summed E-state index contributed by atoms with van der Waals surface area (Å²) in [5, 5.41) is 8.81. The largest absolute Gasteiger partial charge is 0.481 e. The Morgan fingerprint density at radius 2 is 1.93 bits per heavy atom. The second-order valence-electron chi connectivity index (χ2n) is 3.39. The van der Waals surface area contributed by atoms with E-state index in [-0.39, 0.29) is 12.5 Å². The predicted molar refractivity (Wildman–Crippen MR) is 51.8 cm³/mol. The van der Waals surface area contributed by atoms with Gasteiger partial charge in [-0.15, -0.1) is 0 Å². The molecule has 0 amide bonds. The molecule has 0 aliphatic heterocycles. The lowest BCUT2D eigenvalue weighted by Gasteiger charge is -2.14. The molecule has 0 bridgehead atoms. The van der Waals surface area contributed by atoms with Crippen LogP contribution in [0.2, 0.25) is 0 Å². The van der Waals surface area contributed by atoms with Crippen molar-refractivity contribution in [2.24, 2.45) is 11.8 Å². The molecule has 0 rings (SSSR count). The van der Waals surface area contributed by atoms with Gasteiger partial charge in [0.05, 0.1) is 6.61 Å². The Morgan fingerprint density at radius 1 is 1.36 bits per heavy atom. The molecule has 0 aromatic rings. The zero-order valence-corrected chi connectivity index (χ0v) is 8.95. The molecule has 0 fully saturated rings. The zero-order valence-electron chi connectivity index (χ0n) is 8.95. The van der Waals surface area contributed by atoms with Crippen molar-refractivity contribution < 1.29 is 19.4 Å². The van der Waals surface area contributed by atoms with Crippen LogP contribution in [0.15, 0.2) is 0 Å². The van der Waals surface area contributed by atoms with Gasteiger partial charge in [-0.2, -0.15) is 0 Å². The van der Waals surface area contributed by atoms with Crippen LogP contribution in [0.5, 0.6) is 0 Å². The third-order valence-corrected chi connectivity index (χ3v) is 2.20. The third-order valence-electron chi connectivity index (χ3n) is 2.20. The van der Waals surface area contributed by atoms with E-state index in [1.165, 1.54) is 0 Å². The summed E-state index contributed by atoms with van der Waals surface area (Å²) in [6, 6.07) is 0. The molecule has 4 heteroatoms. The molecule has 0 saturated heterocycles. The summed E-state index contributed by atoms with van der Waals surface area (Å²) in [6.07, 6.45) is 1.22. The molecular formula is C10H18O4. The van der Waals surface area contributed by atoms with Crippen molar-refractivity contribution in [3.8, 4) is 0 Å². The SMILES string of the molecule is CCOC(=O)C(CC(C)CC)C(=O)O. The van der Waals surface area contributed by atoms with Crippen molar-refractivity contribution in [3.05, 3.63) is 0 Å². The molecule has 0 saturated carbocycles. The van der Waals surface area contributed by atoms with Crippen LogP contribution in [0.25, 0.3) is 0 Å². The quantitative estimate of drug-likeness (QED) is 0.526. The topological polar surface area (TPSA) is 63.6 Å². The number of hydrogen-bond acceptors (Lipinski definition) is 3. The lowest BCUT2D eigenvalue weighted by atomic mass is 9.94. The first-order valence-electron chi connectivity index (χ1n) is 4.92. The fraction of sp³-hybridized carbons (Fsp3) is 0.800. The number of hydrogen-bond donors (Lipinski definition) is 1. The number of carboxylic acids is 1. The molecule has 4 nitrogen and oxygen atoms in total. The molecule has 0 radical (unpaired) electrons. The Kier molecular flexibility index (Phi) is 5.92. The summed E-state index contributed by atoms with van der Waals surface area (Å²) >= 11 is 0. The Morgan fingerprint density at radius 3 is 2.29 bits per heavy atom. The second-order valence-corrected chi connectivity index (χ2v) is 3.39. The zero-order chi connectivity index (χ0) is 11.1. The highest BCUT2D eigenvalue weighted by Crippen LogP contribution is 2.16. The van der Waals surface area contributed by atoms with Gasteiger partial charge in [0.2, 0.25) is 0 Å². The summed E-state index contributed by atoms with van der Waals surface area (Å²) in [6.45, 7) is 5.78. The number of aliphatic carboxylic acids is 1. The minimum absolute atomic E-state index is 0.223. The van der Waals surface area contributed by atoms with Crippen molar-refractivity contribution in [1.29, 1.82) is 0 Å². The van der Waals surface area contributed by atoms with E-state index in [9.17, 15) is 9.59 Å². The molecule has 0 heterocycles. The van der Waals surface area contributed by atoms with Crippen LogP contribution < -0.4 is 0 Å². The van der Waals surface area contributed by atoms with Crippen LogP contribution in [-0.4, -0.2) is 23.7 Å². The van der Waals surface area contributed by atoms with Crippen molar-refractivity contribution in [2.45, 2.75) is 33.6 Å². The van der Waals surface area contributed by atoms with Gasteiger partial charge in [-0.05, 0) is 19.3 Å². The molecule has 82 valence electrons. The van der Waals surface area contributed by atoms with Crippen LogP contribution >= 0.6 is 0 Å². The van der Waals surface area contributed by atoms with Gasteiger partial charge >= 0.3 is 11.9 Å². The van der Waals surface area contributed by atoms with Gasteiger partial charge < -0.3 is 9.84 Å². The number of ether oxygens (including phenoxy) is 1. The third kappa shape index (κ3) is 4.25. The highest BCUT2D eigenvalue weighted by Gasteiger charge is 2.28. The van der Waals surface area contributed by atoms with Crippen molar-refractivity contribution in [2.75, 3.05) is 6.61 Å². The summed E-state index contributed by atoms with van der Waals surface area (Å²) in [4.78, 5) is 22.0. The summed E-state index contributed by atoms with van der Waals surface area (Å²) in [5.41, 5.74) is 0. The van der Waals surface area contributed by atoms with E-state index in [4.69, 9.17) is 9.84 Å². The van der Waals surface area contributed by atoms with E-state index in [2.05, 4.69) is 0 Å². The minimum Gasteiger partial charge on any atom is -0.481 e.